The van der Waals surface area contributed by atoms with Crippen LogP contribution in [0, 0.1) is 0 Å². The number of benzene rings is 1. The van der Waals surface area contributed by atoms with E-state index in [0.717, 1.165) is 31.5 Å². The lowest BCUT2D eigenvalue weighted by molar-refractivity contribution is 0.104. The van der Waals surface area contributed by atoms with Crippen LogP contribution in [0.2, 0.25) is 0 Å². The first kappa shape index (κ1) is 8.77. The van der Waals surface area contributed by atoms with Crippen molar-refractivity contribution in [3.63, 3.8) is 0 Å². The fourth-order valence-electron chi connectivity index (χ4n) is 1.71. The molecular formula is C12H19NO2. The zero-order valence-electron chi connectivity index (χ0n) is 10.7. The lowest BCUT2D eigenvalue weighted by Crippen LogP contribution is -2.28. The van der Waals surface area contributed by atoms with Crippen molar-refractivity contribution in [2.75, 3.05) is 13.1 Å². The third-order valence-electron chi connectivity index (χ3n) is 2.57. The van der Waals surface area contributed by atoms with E-state index in [4.69, 9.17) is 7.71 Å². The smallest absolute Gasteiger partial charge is 0.410 e. The molecular weight excluding hydrogens is 190 g/mol. The molecule has 3 heteroatoms. The van der Waals surface area contributed by atoms with Gasteiger partial charge in [0.2, 0.25) is 0 Å². The van der Waals surface area contributed by atoms with Crippen LogP contribution in [0.25, 0.3) is 0 Å². The lowest BCUT2D eigenvalue weighted by atomic mass is 10.2. The largest absolute Gasteiger partial charge is 0.445 e. The van der Waals surface area contributed by atoms with E-state index >= 15 is 0 Å². The average Bonchev–Trinajstić information content (AvgIpc) is 2.93. The van der Waals surface area contributed by atoms with Crippen LogP contribution < -0.4 is 0 Å². The van der Waals surface area contributed by atoms with Gasteiger partial charge in [-0.2, -0.15) is 0 Å². The number of hydrogen-bond acceptors (Lipinski definition) is 2. The van der Waals surface area contributed by atoms with Gasteiger partial charge in [0.25, 0.3) is 0 Å². The Bertz CT molecular complexity index is 329. The van der Waals surface area contributed by atoms with Crippen LogP contribution in [0.15, 0.2) is 30.3 Å². The van der Waals surface area contributed by atoms with Crippen molar-refractivity contribution in [3.05, 3.63) is 35.9 Å². The Morgan fingerprint density at radius 1 is 1.33 bits per heavy atom. The zero-order chi connectivity index (χ0) is 12.5. The maximum absolute atomic E-state index is 11.5. The van der Waals surface area contributed by atoms with Crippen LogP contribution in [-0.4, -0.2) is 24.1 Å². The van der Waals surface area contributed by atoms with Crippen LogP contribution in [0.3, 0.4) is 0 Å². The average molecular weight is 212 g/mol. The number of carbonyl (C=O) groups is 1. The molecule has 0 aliphatic carbocycles. The summed E-state index contributed by atoms with van der Waals surface area (Å²) in [5.74, 6) is 0. The molecule has 1 heterocycles. The minimum absolute atomic E-state index is 0. The number of likely N-dealkylation sites (tertiary alicyclic amines) is 1. The summed E-state index contributed by atoms with van der Waals surface area (Å²) < 4.78 is 15.2. The van der Waals surface area contributed by atoms with E-state index in [1.165, 1.54) is 0 Å². The van der Waals surface area contributed by atoms with Gasteiger partial charge in [0.15, 0.2) is 0 Å². The molecule has 84 valence electrons. The number of amides is 1. The van der Waals surface area contributed by atoms with Gasteiger partial charge < -0.3 is 9.64 Å². The first-order valence-electron chi connectivity index (χ1n) is 6.32. The molecule has 1 aliphatic rings. The number of hydrogen-bond donors (Lipinski definition) is 0. The predicted molar refractivity (Wildman–Crippen MR) is 61.7 cm³/mol. The molecule has 0 atom stereocenters. The molecule has 3 nitrogen and oxygen atoms in total. The van der Waals surface area contributed by atoms with Gasteiger partial charge in [0.05, 0.1) is 0 Å². The monoisotopic (exact) mass is 212 g/mol. The normalized spacial score (nSPS) is 15.9. The lowest BCUT2D eigenvalue weighted by Gasteiger charge is -2.14. The molecule has 1 saturated heterocycles. The summed E-state index contributed by atoms with van der Waals surface area (Å²) in [5.41, 5.74) is 1.03. The molecule has 1 aliphatic heterocycles. The highest BCUT2D eigenvalue weighted by Gasteiger charge is 2.18. The van der Waals surface area contributed by atoms with Crippen molar-refractivity contribution in [3.8, 4) is 0 Å². The number of nitrogens with zero attached hydrogens (tertiary/aromatic N) is 1. The molecule has 0 radical (unpaired) electrons. The Hall–Kier alpha value is -1.51. The summed E-state index contributed by atoms with van der Waals surface area (Å²) >= 11 is 0. The van der Waals surface area contributed by atoms with E-state index in [1.807, 2.05) is 30.3 Å². The van der Waals surface area contributed by atoms with Crippen LogP contribution in [0.4, 0.5) is 4.79 Å². The third kappa shape index (κ3) is 2.72. The molecule has 1 aromatic carbocycles. The topological polar surface area (TPSA) is 29.5 Å². The Morgan fingerprint density at radius 2 is 2.00 bits per heavy atom. The van der Waals surface area contributed by atoms with Crippen molar-refractivity contribution >= 4 is 6.09 Å². The predicted octanol–water partition coefficient (Wildman–Crippen LogP) is 2.91. The van der Waals surface area contributed by atoms with Crippen molar-refractivity contribution in [1.82, 2.24) is 4.90 Å². The number of ether oxygens (including phenoxy) is 1. The van der Waals surface area contributed by atoms with Gasteiger partial charge >= 0.3 is 6.09 Å². The van der Waals surface area contributed by atoms with Gasteiger partial charge in [-0.3, -0.25) is 0 Å². The van der Waals surface area contributed by atoms with E-state index in [1.54, 1.807) is 4.90 Å². The molecule has 0 spiro atoms. The molecule has 0 N–H and O–H groups in total. The van der Waals surface area contributed by atoms with Gasteiger partial charge in [-0.25, -0.2) is 4.79 Å². The zero-order valence-corrected chi connectivity index (χ0v) is 8.69. The van der Waals surface area contributed by atoms with E-state index in [2.05, 4.69) is 0 Å². The Morgan fingerprint density at radius 3 is 2.67 bits per heavy atom. The van der Waals surface area contributed by atoms with Gasteiger partial charge in [-0.05, 0) is 18.4 Å². The van der Waals surface area contributed by atoms with Gasteiger partial charge in [-0.15, -0.1) is 0 Å². The van der Waals surface area contributed by atoms with Crippen LogP contribution >= 0.6 is 0 Å². The number of carbonyl (C=O) groups excluding carboxylic acids is 1. The molecule has 0 saturated carbocycles. The fraction of sp³-hybridized carbons (Fsp3) is 0.417. The second kappa shape index (κ2) is 4.82. The van der Waals surface area contributed by atoms with Gasteiger partial charge in [0, 0.05) is 17.5 Å². The minimum Gasteiger partial charge on any atom is -0.445 e. The van der Waals surface area contributed by atoms with Crippen LogP contribution in [0.1, 0.15) is 22.8 Å². The maximum atomic E-state index is 11.5. The summed E-state index contributed by atoms with van der Waals surface area (Å²) in [6.45, 7) is 2.05. The molecule has 2 rings (SSSR count). The molecule has 1 aromatic rings. The van der Waals surface area contributed by atoms with E-state index in [-0.39, 0.29) is 7.52 Å². The fourth-order valence-corrected chi connectivity index (χ4v) is 1.71. The second-order valence-corrected chi connectivity index (χ2v) is 3.73. The Kier molecular flexibility index (Phi) is 2.82. The molecule has 1 amide bonds. The maximum Gasteiger partial charge on any atom is 0.410 e. The molecule has 15 heavy (non-hydrogen) atoms. The Labute approximate surface area is 94.2 Å². The van der Waals surface area contributed by atoms with Gasteiger partial charge in [-0.1, -0.05) is 30.3 Å². The van der Waals surface area contributed by atoms with E-state index in [0.29, 0.717) is 6.61 Å². The first-order valence-corrected chi connectivity index (χ1v) is 5.32. The highest BCUT2D eigenvalue weighted by atomic mass is 16.6. The Balaban J connectivity index is 0.000000917. The van der Waals surface area contributed by atoms with E-state index in [9.17, 15) is 4.79 Å². The first-order chi connectivity index (χ1) is 8.36. The SMILES string of the molecule is O=C(OCc1ccccc1)N1CCCC1.[2HH].[2H][2H]. The molecule has 0 unspecified atom stereocenters. The number of rotatable bonds is 2. The van der Waals surface area contributed by atoms with Crippen molar-refractivity contribution < 1.29 is 13.9 Å². The van der Waals surface area contributed by atoms with Crippen LogP contribution in [0.5, 0.6) is 0 Å². The molecule has 0 bridgehead atoms. The standard InChI is InChI=1S/C12H15NO2.2H2/c14-12(13-8-4-5-9-13)15-10-11-6-2-1-3-7-11;;/h1-3,6-7H,4-5,8-10H2;2*1H/i;1+1D;1+1. The minimum atomic E-state index is -0.184. The molecule has 0 aromatic heterocycles. The third-order valence-corrected chi connectivity index (χ3v) is 2.57. The van der Waals surface area contributed by atoms with Crippen molar-refractivity contribution in [2.24, 2.45) is 0 Å². The summed E-state index contributed by atoms with van der Waals surface area (Å²) in [6, 6.07) is 9.75. The van der Waals surface area contributed by atoms with Crippen LogP contribution in [-0.2, 0) is 11.3 Å². The van der Waals surface area contributed by atoms with Gasteiger partial charge in [0.1, 0.15) is 6.61 Å². The second-order valence-electron chi connectivity index (χ2n) is 3.73. The van der Waals surface area contributed by atoms with Crippen molar-refractivity contribution in [2.45, 2.75) is 19.4 Å². The highest BCUT2D eigenvalue weighted by Crippen LogP contribution is 2.10. The summed E-state index contributed by atoms with van der Waals surface area (Å²) in [7, 11) is 0. The van der Waals surface area contributed by atoms with E-state index < -0.39 is 0 Å². The quantitative estimate of drug-likeness (QED) is 0.754. The molecule has 1 fully saturated rings. The highest BCUT2D eigenvalue weighted by molar-refractivity contribution is 5.67. The summed E-state index contributed by atoms with van der Waals surface area (Å²) in [4.78, 5) is 13.3. The summed E-state index contributed by atoms with van der Waals surface area (Å²) in [6.07, 6.45) is 2.01. The summed E-state index contributed by atoms with van der Waals surface area (Å²) in [5, 5.41) is 0. The van der Waals surface area contributed by atoms with Crippen molar-refractivity contribution in [1.29, 1.82) is 0 Å².